The molecule has 1 aliphatic heterocycles. The second-order valence-electron chi connectivity index (χ2n) is 7.18. The number of ether oxygens (including phenoxy) is 4. The fourth-order valence-corrected chi connectivity index (χ4v) is 3.81. The Labute approximate surface area is 184 Å². The van der Waals surface area contributed by atoms with Crippen molar-refractivity contribution in [2.75, 3.05) is 34.5 Å². The summed E-state index contributed by atoms with van der Waals surface area (Å²) in [5.74, 6) is 2.02. The van der Waals surface area contributed by atoms with Gasteiger partial charge in [-0.1, -0.05) is 30.3 Å². The third kappa shape index (κ3) is 5.77. The van der Waals surface area contributed by atoms with Crippen molar-refractivity contribution in [2.45, 2.75) is 32.0 Å². The molecular weight excluding hydrogens is 400 g/mol. The number of rotatable bonds is 9. The van der Waals surface area contributed by atoms with Gasteiger partial charge >= 0.3 is 0 Å². The van der Waals surface area contributed by atoms with E-state index >= 15 is 0 Å². The first-order chi connectivity index (χ1) is 14.6. The van der Waals surface area contributed by atoms with E-state index in [0.29, 0.717) is 42.0 Å². The van der Waals surface area contributed by atoms with Crippen molar-refractivity contribution in [3.05, 3.63) is 53.6 Å². The Bertz CT molecular complexity index is 825. The molecule has 6 nitrogen and oxygen atoms in total. The zero-order valence-electron chi connectivity index (χ0n) is 17.8. The molecule has 0 amide bonds. The van der Waals surface area contributed by atoms with Crippen molar-refractivity contribution in [2.24, 2.45) is 0 Å². The average Bonchev–Trinajstić information content (AvgIpc) is 3.30. The van der Waals surface area contributed by atoms with Gasteiger partial charge in [0.2, 0.25) is 0 Å². The van der Waals surface area contributed by atoms with Gasteiger partial charge in [0.1, 0.15) is 5.75 Å². The molecule has 0 aliphatic carbocycles. The van der Waals surface area contributed by atoms with E-state index < -0.39 is 0 Å². The quantitative estimate of drug-likeness (QED) is 0.608. The van der Waals surface area contributed by atoms with Crippen LogP contribution in [-0.4, -0.2) is 50.6 Å². The van der Waals surface area contributed by atoms with Gasteiger partial charge in [0.25, 0.3) is 0 Å². The lowest BCUT2D eigenvalue weighted by Gasteiger charge is -2.29. The third-order valence-corrected chi connectivity index (χ3v) is 5.55. The van der Waals surface area contributed by atoms with Crippen LogP contribution in [0.4, 0.5) is 0 Å². The van der Waals surface area contributed by atoms with E-state index in [0.717, 1.165) is 25.0 Å². The van der Waals surface area contributed by atoms with Crippen molar-refractivity contribution in [3.8, 4) is 17.2 Å². The molecule has 0 saturated carbocycles. The summed E-state index contributed by atoms with van der Waals surface area (Å²) in [6, 6.07) is 14.0. The van der Waals surface area contributed by atoms with E-state index in [2.05, 4.69) is 22.3 Å². The maximum absolute atomic E-state index is 5.87. The number of benzene rings is 2. The van der Waals surface area contributed by atoms with E-state index in [1.165, 1.54) is 5.56 Å². The Morgan fingerprint density at radius 3 is 2.57 bits per heavy atom. The maximum Gasteiger partial charge on any atom is 0.169 e. The van der Waals surface area contributed by atoms with E-state index in [1.807, 2.05) is 30.3 Å². The molecule has 0 unspecified atom stereocenters. The summed E-state index contributed by atoms with van der Waals surface area (Å²) < 4.78 is 22.5. The van der Waals surface area contributed by atoms with Gasteiger partial charge in [-0.2, -0.15) is 0 Å². The maximum atomic E-state index is 5.87. The lowest BCUT2D eigenvalue weighted by molar-refractivity contribution is 0.0895. The van der Waals surface area contributed by atoms with Gasteiger partial charge < -0.3 is 29.2 Å². The van der Waals surface area contributed by atoms with Crippen LogP contribution in [0.15, 0.2) is 42.5 Å². The first-order valence-electron chi connectivity index (χ1n) is 10.1. The normalized spacial score (nSPS) is 15.5. The largest absolute Gasteiger partial charge is 0.497 e. The second-order valence-corrected chi connectivity index (χ2v) is 7.57. The number of hydrogen-bond acceptors (Lipinski definition) is 5. The monoisotopic (exact) mass is 430 g/mol. The Morgan fingerprint density at radius 1 is 1.13 bits per heavy atom. The van der Waals surface area contributed by atoms with Crippen LogP contribution in [0, 0.1) is 0 Å². The molecule has 1 aliphatic rings. The molecule has 2 aromatic rings. The highest BCUT2D eigenvalue weighted by Gasteiger charge is 2.23. The Morgan fingerprint density at radius 2 is 1.93 bits per heavy atom. The summed E-state index contributed by atoms with van der Waals surface area (Å²) in [5, 5.41) is 4.07. The predicted octanol–water partition coefficient (Wildman–Crippen LogP) is 3.77. The summed E-state index contributed by atoms with van der Waals surface area (Å²) in [7, 11) is 4.91. The van der Waals surface area contributed by atoms with Gasteiger partial charge in [-0.3, -0.25) is 0 Å². The minimum Gasteiger partial charge on any atom is -0.497 e. The van der Waals surface area contributed by atoms with Gasteiger partial charge in [0.15, 0.2) is 16.6 Å². The molecule has 2 aromatic carbocycles. The van der Waals surface area contributed by atoms with E-state index in [9.17, 15) is 0 Å². The minimum atomic E-state index is 0.167. The number of methoxy groups -OCH3 is 3. The topological polar surface area (TPSA) is 52.2 Å². The molecule has 0 radical (unpaired) electrons. The number of nitrogens with zero attached hydrogens (tertiary/aromatic N) is 1. The van der Waals surface area contributed by atoms with Gasteiger partial charge in [-0.05, 0) is 36.7 Å². The molecule has 1 heterocycles. The number of nitrogens with one attached hydrogen (secondary N) is 1. The zero-order valence-corrected chi connectivity index (χ0v) is 18.7. The molecule has 1 atom stereocenters. The van der Waals surface area contributed by atoms with Crippen LogP contribution >= 0.6 is 12.2 Å². The number of thiocarbonyl (C=S) groups is 1. The van der Waals surface area contributed by atoms with Crippen LogP contribution in [0.2, 0.25) is 0 Å². The fourth-order valence-electron chi connectivity index (χ4n) is 3.59. The highest BCUT2D eigenvalue weighted by atomic mass is 32.1. The summed E-state index contributed by atoms with van der Waals surface area (Å²) in [6.45, 7) is 2.74. The summed E-state index contributed by atoms with van der Waals surface area (Å²) in [5.41, 5.74) is 2.12. The molecular formula is C23H30N2O4S. The molecule has 1 fully saturated rings. The van der Waals surface area contributed by atoms with Gasteiger partial charge in [-0.25, -0.2) is 0 Å². The van der Waals surface area contributed by atoms with Crippen molar-refractivity contribution in [1.29, 1.82) is 0 Å². The Balaban J connectivity index is 1.80. The van der Waals surface area contributed by atoms with Crippen molar-refractivity contribution in [3.63, 3.8) is 0 Å². The molecule has 3 rings (SSSR count). The van der Waals surface area contributed by atoms with Crippen LogP contribution < -0.4 is 19.5 Å². The Hall–Kier alpha value is -2.51. The molecule has 7 heteroatoms. The van der Waals surface area contributed by atoms with Crippen molar-refractivity contribution in [1.82, 2.24) is 10.2 Å². The summed E-state index contributed by atoms with van der Waals surface area (Å²) in [4.78, 5) is 2.13. The van der Waals surface area contributed by atoms with Gasteiger partial charge in [-0.15, -0.1) is 0 Å². The molecule has 0 spiro atoms. The van der Waals surface area contributed by atoms with Crippen LogP contribution in [0.3, 0.4) is 0 Å². The molecule has 1 N–H and O–H groups in total. The smallest absolute Gasteiger partial charge is 0.169 e. The Kier molecular flexibility index (Phi) is 8.16. The fraction of sp³-hybridized carbons (Fsp3) is 0.435. The third-order valence-electron chi connectivity index (χ3n) is 5.15. The summed E-state index contributed by atoms with van der Waals surface area (Å²) in [6.07, 6.45) is 2.29. The average molecular weight is 431 g/mol. The standard InChI is InChI=1S/C23H30N2O4S/c1-26-20-12-18(22(28-3)21(13-20)27-2)15-25(16-19-10-7-11-29-19)23(30)24-14-17-8-5-4-6-9-17/h4-6,8-9,12-13,19H,7,10-11,14-16H2,1-3H3,(H,24,30)/t19-/m1/s1. The first-order valence-corrected chi connectivity index (χ1v) is 10.5. The summed E-state index contributed by atoms with van der Waals surface area (Å²) >= 11 is 5.77. The SMILES string of the molecule is COc1cc(CN(C[C@H]2CCCO2)C(=S)NCc2ccccc2)c(OC)c(OC)c1. The molecule has 1 saturated heterocycles. The zero-order chi connectivity index (χ0) is 21.3. The van der Waals surface area contributed by atoms with Crippen LogP contribution in [0.1, 0.15) is 24.0 Å². The minimum absolute atomic E-state index is 0.167. The van der Waals surface area contributed by atoms with Crippen LogP contribution in [0.5, 0.6) is 17.2 Å². The molecule has 162 valence electrons. The van der Waals surface area contributed by atoms with Gasteiger partial charge in [0.05, 0.1) is 27.4 Å². The van der Waals surface area contributed by atoms with Crippen molar-refractivity contribution >= 4 is 17.3 Å². The predicted molar refractivity (Wildman–Crippen MR) is 121 cm³/mol. The lowest BCUT2D eigenvalue weighted by atomic mass is 10.1. The second kappa shape index (κ2) is 11.0. The van der Waals surface area contributed by atoms with Gasteiger partial charge in [0, 0.05) is 37.9 Å². The van der Waals surface area contributed by atoms with E-state index in [-0.39, 0.29) is 6.10 Å². The highest BCUT2D eigenvalue weighted by molar-refractivity contribution is 7.80. The van der Waals surface area contributed by atoms with E-state index in [1.54, 1.807) is 21.3 Å². The van der Waals surface area contributed by atoms with Crippen LogP contribution in [-0.2, 0) is 17.8 Å². The first kappa shape index (κ1) is 22.2. The van der Waals surface area contributed by atoms with Crippen molar-refractivity contribution < 1.29 is 18.9 Å². The van der Waals surface area contributed by atoms with Crippen LogP contribution in [0.25, 0.3) is 0 Å². The highest BCUT2D eigenvalue weighted by Crippen LogP contribution is 2.36. The number of hydrogen-bond donors (Lipinski definition) is 1. The van der Waals surface area contributed by atoms with E-state index in [4.69, 9.17) is 31.2 Å². The lowest BCUT2D eigenvalue weighted by Crippen LogP contribution is -2.42. The molecule has 0 aromatic heterocycles. The molecule has 30 heavy (non-hydrogen) atoms. The molecule has 0 bridgehead atoms.